The maximum Gasteiger partial charge on any atom is 0.416 e. The first-order chi connectivity index (χ1) is 9.41. The summed E-state index contributed by atoms with van der Waals surface area (Å²) < 4.78 is 39.1. The first kappa shape index (κ1) is 15.1. The molecule has 1 aliphatic heterocycles. The molecule has 3 N–H and O–H groups in total. The first-order valence-corrected chi connectivity index (χ1v) is 6.72. The molecule has 1 aliphatic rings. The molecule has 0 amide bonds. The van der Waals surface area contributed by atoms with E-state index in [2.05, 4.69) is 0 Å². The minimum absolute atomic E-state index is 0.0175. The molecule has 0 spiro atoms. The van der Waals surface area contributed by atoms with Gasteiger partial charge in [-0.2, -0.15) is 13.2 Å². The summed E-state index contributed by atoms with van der Waals surface area (Å²) in [6.07, 6.45) is -1.62. The van der Waals surface area contributed by atoms with Crippen LogP contribution in [0.2, 0.25) is 0 Å². The van der Waals surface area contributed by atoms with Crippen molar-refractivity contribution in [2.75, 3.05) is 18.9 Å². The second-order valence-electron chi connectivity index (χ2n) is 5.22. The third-order valence-corrected chi connectivity index (χ3v) is 3.77. The third-order valence-electron chi connectivity index (χ3n) is 3.77. The van der Waals surface area contributed by atoms with Crippen LogP contribution in [0.1, 0.15) is 30.4 Å². The Morgan fingerprint density at radius 1 is 1.30 bits per heavy atom. The molecule has 2 rings (SSSR count). The summed E-state index contributed by atoms with van der Waals surface area (Å²) in [5.74, 6) is 0. The number of hydrogen-bond donors (Lipinski definition) is 2. The predicted octanol–water partition coefficient (Wildman–Crippen LogP) is 2.63. The second kappa shape index (κ2) is 6.01. The number of rotatable bonds is 3. The van der Waals surface area contributed by atoms with E-state index >= 15 is 0 Å². The smallest absolute Gasteiger partial charge is 0.399 e. The van der Waals surface area contributed by atoms with Crippen molar-refractivity contribution >= 4 is 5.69 Å². The van der Waals surface area contributed by atoms with Crippen molar-refractivity contribution in [3.8, 4) is 0 Å². The van der Waals surface area contributed by atoms with Gasteiger partial charge in [0.2, 0.25) is 0 Å². The van der Waals surface area contributed by atoms with Crippen molar-refractivity contribution in [2.24, 2.45) is 0 Å². The van der Waals surface area contributed by atoms with Crippen molar-refractivity contribution in [2.45, 2.75) is 38.0 Å². The first-order valence-electron chi connectivity index (χ1n) is 6.72. The zero-order chi connectivity index (χ0) is 14.8. The fraction of sp³-hybridized carbons (Fsp3) is 0.571. The van der Waals surface area contributed by atoms with Crippen LogP contribution in [0.5, 0.6) is 0 Å². The molecule has 6 heteroatoms. The summed E-state index contributed by atoms with van der Waals surface area (Å²) in [6.45, 7) is 0.892. The van der Waals surface area contributed by atoms with Gasteiger partial charge in [0.1, 0.15) is 0 Å². The molecule has 0 radical (unpaired) electrons. The molecule has 0 saturated carbocycles. The molecule has 1 fully saturated rings. The highest BCUT2D eigenvalue weighted by Crippen LogP contribution is 2.34. The van der Waals surface area contributed by atoms with Crippen LogP contribution in [0.3, 0.4) is 0 Å². The molecule has 1 unspecified atom stereocenters. The average Bonchev–Trinajstić information content (AvgIpc) is 2.40. The number of aliphatic hydroxyl groups excluding tert-OH is 1. The van der Waals surface area contributed by atoms with Crippen LogP contribution >= 0.6 is 0 Å². The van der Waals surface area contributed by atoms with Crippen molar-refractivity contribution < 1.29 is 18.3 Å². The molecular weight excluding hydrogens is 269 g/mol. The van der Waals surface area contributed by atoms with Crippen LogP contribution < -0.4 is 5.73 Å². The topological polar surface area (TPSA) is 49.5 Å². The lowest BCUT2D eigenvalue weighted by Gasteiger charge is -2.35. The van der Waals surface area contributed by atoms with Crippen LogP contribution in [-0.4, -0.2) is 29.2 Å². The standard InChI is InChI=1S/C14H19F3N2O/c15-14(16,17)13-7-11(18)5-4-10(13)8-19-6-2-1-3-12(19)9-20/h4-5,7,12,20H,1-3,6,8-9,18H2. The molecule has 0 aromatic heterocycles. The zero-order valence-electron chi connectivity index (χ0n) is 11.2. The monoisotopic (exact) mass is 288 g/mol. The largest absolute Gasteiger partial charge is 0.416 e. The molecule has 1 saturated heterocycles. The van der Waals surface area contributed by atoms with Crippen LogP contribution in [0.25, 0.3) is 0 Å². The second-order valence-corrected chi connectivity index (χ2v) is 5.22. The number of likely N-dealkylation sites (tertiary alicyclic amines) is 1. The predicted molar refractivity (Wildman–Crippen MR) is 71.0 cm³/mol. The molecule has 20 heavy (non-hydrogen) atoms. The van der Waals surface area contributed by atoms with E-state index in [4.69, 9.17) is 5.73 Å². The lowest BCUT2D eigenvalue weighted by atomic mass is 9.99. The number of halogens is 3. The van der Waals surface area contributed by atoms with Gasteiger partial charge in [-0.25, -0.2) is 0 Å². The molecule has 1 atom stereocenters. The lowest BCUT2D eigenvalue weighted by Crippen LogP contribution is -2.41. The van der Waals surface area contributed by atoms with Gasteiger partial charge >= 0.3 is 6.18 Å². The van der Waals surface area contributed by atoms with Gasteiger partial charge in [-0.15, -0.1) is 0 Å². The van der Waals surface area contributed by atoms with Gasteiger partial charge in [-0.1, -0.05) is 12.5 Å². The average molecular weight is 288 g/mol. The normalized spacial score (nSPS) is 21.1. The highest BCUT2D eigenvalue weighted by atomic mass is 19.4. The Balaban J connectivity index is 2.24. The number of nitrogens with zero attached hydrogens (tertiary/aromatic N) is 1. The van der Waals surface area contributed by atoms with E-state index < -0.39 is 11.7 Å². The summed E-state index contributed by atoms with van der Waals surface area (Å²) in [5, 5.41) is 9.33. The van der Waals surface area contributed by atoms with E-state index in [1.54, 1.807) is 0 Å². The van der Waals surface area contributed by atoms with Gasteiger partial charge in [0.05, 0.1) is 12.2 Å². The summed E-state index contributed by atoms with van der Waals surface area (Å²) in [6, 6.07) is 3.85. The van der Waals surface area contributed by atoms with Crippen LogP contribution in [-0.2, 0) is 12.7 Å². The van der Waals surface area contributed by atoms with E-state index in [1.807, 2.05) is 4.90 Å². The highest BCUT2D eigenvalue weighted by Gasteiger charge is 2.34. The summed E-state index contributed by atoms with van der Waals surface area (Å²) in [7, 11) is 0. The Hall–Kier alpha value is -1.27. The van der Waals surface area contributed by atoms with E-state index in [0.29, 0.717) is 6.54 Å². The van der Waals surface area contributed by atoms with Crippen LogP contribution in [0, 0.1) is 0 Å². The Morgan fingerprint density at radius 2 is 2.05 bits per heavy atom. The van der Waals surface area contributed by atoms with Crippen LogP contribution in [0.15, 0.2) is 18.2 Å². The number of nitrogens with two attached hydrogens (primary N) is 1. The fourth-order valence-electron chi connectivity index (χ4n) is 2.69. The molecule has 112 valence electrons. The summed E-state index contributed by atoms with van der Waals surface area (Å²) >= 11 is 0. The molecule has 1 heterocycles. The Labute approximate surface area is 116 Å². The molecule has 0 bridgehead atoms. The Morgan fingerprint density at radius 3 is 2.70 bits per heavy atom. The fourth-order valence-corrected chi connectivity index (χ4v) is 2.69. The zero-order valence-corrected chi connectivity index (χ0v) is 11.2. The van der Waals surface area contributed by atoms with Crippen molar-refractivity contribution in [1.82, 2.24) is 4.90 Å². The number of piperidine rings is 1. The van der Waals surface area contributed by atoms with E-state index in [0.717, 1.165) is 25.3 Å². The van der Waals surface area contributed by atoms with Gasteiger partial charge in [0.25, 0.3) is 0 Å². The summed E-state index contributed by atoms with van der Waals surface area (Å²) in [5.41, 5.74) is 5.10. The van der Waals surface area contributed by atoms with Crippen LogP contribution in [0.4, 0.5) is 18.9 Å². The van der Waals surface area contributed by atoms with Gasteiger partial charge in [0, 0.05) is 18.3 Å². The number of benzene rings is 1. The Bertz CT molecular complexity index is 462. The van der Waals surface area contributed by atoms with Crippen molar-refractivity contribution in [3.05, 3.63) is 29.3 Å². The lowest BCUT2D eigenvalue weighted by molar-refractivity contribution is -0.138. The molecular formula is C14H19F3N2O. The van der Waals surface area contributed by atoms with Crippen molar-refractivity contribution in [1.29, 1.82) is 0 Å². The number of hydrogen-bond acceptors (Lipinski definition) is 3. The Kier molecular flexibility index (Phi) is 4.55. The number of nitrogen functional groups attached to an aromatic ring is 1. The van der Waals surface area contributed by atoms with Gasteiger partial charge in [-0.3, -0.25) is 4.90 Å². The van der Waals surface area contributed by atoms with Gasteiger partial charge in [0.15, 0.2) is 0 Å². The highest BCUT2D eigenvalue weighted by molar-refractivity contribution is 5.46. The number of alkyl halides is 3. The SMILES string of the molecule is Nc1ccc(CN2CCCCC2CO)c(C(F)(F)F)c1. The molecule has 1 aromatic rings. The molecule has 0 aliphatic carbocycles. The van der Waals surface area contributed by atoms with E-state index in [-0.39, 0.29) is 30.4 Å². The van der Waals surface area contributed by atoms with Gasteiger partial charge < -0.3 is 10.8 Å². The quantitative estimate of drug-likeness (QED) is 0.841. The minimum atomic E-state index is -4.41. The summed E-state index contributed by atoms with van der Waals surface area (Å²) in [4.78, 5) is 1.92. The maximum atomic E-state index is 13.0. The number of anilines is 1. The molecule has 3 nitrogen and oxygen atoms in total. The third kappa shape index (κ3) is 3.43. The van der Waals surface area contributed by atoms with Crippen molar-refractivity contribution in [3.63, 3.8) is 0 Å². The maximum absolute atomic E-state index is 13.0. The minimum Gasteiger partial charge on any atom is -0.399 e. The van der Waals surface area contributed by atoms with E-state index in [1.165, 1.54) is 12.1 Å². The molecule has 1 aromatic carbocycles. The van der Waals surface area contributed by atoms with Gasteiger partial charge in [-0.05, 0) is 37.1 Å². The number of aliphatic hydroxyl groups is 1. The van der Waals surface area contributed by atoms with E-state index in [9.17, 15) is 18.3 Å².